The first-order valence-corrected chi connectivity index (χ1v) is 8.33. The van der Waals surface area contributed by atoms with Crippen LogP contribution in [-0.4, -0.2) is 32.9 Å². The van der Waals surface area contributed by atoms with Crippen LogP contribution in [0.25, 0.3) is 0 Å². The lowest BCUT2D eigenvalue weighted by atomic mass is 9.94. The number of benzene rings is 1. The van der Waals surface area contributed by atoms with Crippen LogP contribution in [0.15, 0.2) is 27.6 Å². The summed E-state index contributed by atoms with van der Waals surface area (Å²) in [4.78, 5) is 0.207. The van der Waals surface area contributed by atoms with Crippen molar-refractivity contribution < 1.29 is 8.42 Å². The summed E-state index contributed by atoms with van der Waals surface area (Å²) in [6.45, 7) is 4.62. The lowest BCUT2D eigenvalue weighted by Gasteiger charge is -2.28. The molecule has 108 valence electrons. The van der Waals surface area contributed by atoms with Crippen LogP contribution in [0.2, 0.25) is 5.02 Å². The first-order valence-electron chi connectivity index (χ1n) is 5.71. The molecule has 0 amide bonds. The third-order valence-electron chi connectivity index (χ3n) is 2.80. The molecule has 4 nitrogen and oxygen atoms in total. The molecule has 0 aliphatic heterocycles. The molecule has 0 unspecified atom stereocenters. The Kier molecular flexibility index (Phi) is 5.43. The van der Waals surface area contributed by atoms with E-state index in [1.54, 1.807) is 13.1 Å². The second-order valence-electron chi connectivity index (χ2n) is 5.21. The van der Waals surface area contributed by atoms with Gasteiger partial charge in [0.05, 0.1) is 9.92 Å². The lowest BCUT2D eigenvalue weighted by molar-refractivity contribution is 0.292. The third-order valence-corrected chi connectivity index (χ3v) is 5.82. The van der Waals surface area contributed by atoms with Gasteiger partial charge >= 0.3 is 0 Å². The summed E-state index contributed by atoms with van der Waals surface area (Å²) >= 11 is 9.10. The molecule has 0 aromatic heterocycles. The summed E-state index contributed by atoms with van der Waals surface area (Å²) in [6.07, 6.45) is 0. The molecule has 0 fully saturated rings. The van der Waals surface area contributed by atoms with Gasteiger partial charge in [0.25, 0.3) is 0 Å². The van der Waals surface area contributed by atoms with Crippen LogP contribution in [0.5, 0.6) is 0 Å². The maximum Gasteiger partial charge on any atom is 0.242 e. The average Bonchev–Trinajstić information content (AvgIpc) is 2.32. The van der Waals surface area contributed by atoms with Gasteiger partial charge < -0.3 is 5.73 Å². The molecule has 2 N–H and O–H groups in total. The fourth-order valence-electron chi connectivity index (χ4n) is 1.57. The zero-order valence-corrected chi connectivity index (χ0v) is 14.3. The number of halogens is 2. The van der Waals surface area contributed by atoms with E-state index in [0.717, 1.165) is 0 Å². The van der Waals surface area contributed by atoms with Crippen molar-refractivity contribution in [2.45, 2.75) is 18.7 Å². The number of hydrogen-bond donors (Lipinski definition) is 1. The van der Waals surface area contributed by atoms with E-state index < -0.39 is 10.0 Å². The fraction of sp³-hybridized carbons (Fsp3) is 0.500. The zero-order chi connectivity index (χ0) is 14.8. The molecular formula is C12H18BrClN2O2S. The van der Waals surface area contributed by atoms with Crippen LogP contribution in [0, 0.1) is 5.41 Å². The van der Waals surface area contributed by atoms with E-state index in [-0.39, 0.29) is 10.3 Å². The SMILES string of the molecule is CN(CC(C)(C)CN)S(=O)(=O)c1ccc(Cl)c(Br)c1. The summed E-state index contributed by atoms with van der Waals surface area (Å²) < 4.78 is 26.7. The topological polar surface area (TPSA) is 63.4 Å². The van der Waals surface area contributed by atoms with Gasteiger partial charge in [-0.15, -0.1) is 0 Å². The summed E-state index contributed by atoms with van der Waals surface area (Å²) in [5.74, 6) is 0. The number of hydrogen-bond acceptors (Lipinski definition) is 3. The van der Waals surface area contributed by atoms with Crippen LogP contribution in [0.3, 0.4) is 0 Å². The molecule has 7 heteroatoms. The molecule has 0 bridgehead atoms. The first-order chi connectivity index (χ1) is 8.60. The molecule has 1 aromatic rings. The van der Waals surface area contributed by atoms with Crippen molar-refractivity contribution in [3.8, 4) is 0 Å². The maximum atomic E-state index is 12.4. The van der Waals surface area contributed by atoms with Crippen molar-refractivity contribution >= 4 is 37.6 Å². The minimum Gasteiger partial charge on any atom is -0.330 e. The Morgan fingerprint density at radius 1 is 1.42 bits per heavy atom. The molecule has 1 rings (SSSR count). The monoisotopic (exact) mass is 368 g/mol. The minimum absolute atomic E-state index is 0.207. The van der Waals surface area contributed by atoms with Crippen LogP contribution < -0.4 is 5.73 Å². The Balaban J connectivity index is 3.06. The largest absolute Gasteiger partial charge is 0.330 e. The molecule has 0 atom stereocenters. The van der Waals surface area contributed by atoms with Crippen LogP contribution in [-0.2, 0) is 10.0 Å². The van der Waals surface area contributed by atoms with E-state index in [2.05, 4.69) is 15.9 Å². The molecule has 0 spiro atoms. The molecule has 0 aliphatic rings. The Morgan fingerprint density at radius 2 is 2.00 bits per heavy atom. The van der Waals surface area contributed by atoms with Crippen LogP contribution in [0.1, 0.15) is 13.8 Å². The molecule has 0 aliphatic carbocycles. The van der Waals surface area contributed by atoms with E-state index >= 15 is 0 Å². The Bertz CT molecular complexity index is 561. The molecule has 0 saturated carbocycles. The van der Waals surface area contributed by atoms with E-state index in [9.17, 15) is 8.42 Å². The highest BCUT2D eigenvalue weighted by atomic mass is 79.9. The van der Waals surface area contributed by atoms with E-state index in [4.69, 9.17) is 17.3 Å². The Hall–Kier alpha value is -0.140. The lowest BCUT2D eigenvalue weighted by Crippen LogP contribution is -2.39. The van der Waals surface area contributed by atoms with Gasteiger partial charge in [0.2, 0.25) is 10.0 Å². The Labute approximate surface area is 128 Å². The van der Waals surface area contributed by atoms with E-state index in [0.29, 0.717) is 22.6 Å². The number of sulfonamides is 1. The van der Waals surface area contributed by atoms with Gasteiger partial charge in [-0.1, -0.05) is 25.4 Å². The molecule has 0 saturated heterocycles. The highest BCUT2D eigenvalue weighted by molar-refractivity contribution is 9.10. The van der Waals surface area contributed by atoms with E-state index in [1.165, 1.54) is 16.4 Å². The van der Waals surface area contributed by atoms with E-state index in [1.807, 2.05) is 13.8 Å². The van der Waals surface area contributed by atoms with Gasteiger partial charge in [-0.2, -0.15) is 0 Å². The molecule has 1 aromatic carbocycles. The van der Waals surface area contributed by atoms with Gasteiger partial charge in [0.1, 0.15) is 0 Å². The summed E-state index contributed by atoms with van der Waals surface area (Å²) in [5.41, 5.74) is 5.36. The second kappa shape index (κ2) is 6.10. The highest BCUT2D eigenvalue weighted by Crippen LogP contribution is 2.27. The van der Waals surface area contributed by atoms with Crippen molar-refractivity contribution in [1.82, 2.24) is 4.31 Å². The van der Waals surface area contributed by atoms with Crippen LogP contribution >= 0.6 is 27.5 Å². The average molecular weight is 370 g/mol. The summed E-state index contributed by atoms with van der Waals surface area (Å²) in [7, 11) is -1.98. The first kappa shape index (κ1) is 16.9. The fourth-order valence-corrected chi connectivity index (χ4v) is 3.60. The quantitative estimate of drug-likeness (QED) is 0.868. The van der Waals surface area contributed by atoms with Gasteiger partial charge in [-0.25, -0.2) is 12.7 Å². The zero-order valence-electron chi connectivity index (χ0n) is 11.2. The standard InChI is InChI=1S/C12H18BrClN2O2S/c1-12(2,7-15)8-16(3)19(17,18)9-4-5-11(14)10(13)6-9/h4-6H,7-8,15H2,1-3H3. The number of nitrogens with two attached hydrogens (primary N) is 1. The highest BCUT2D eigenvalue weighted by Gasteiger charge is 2.27. The van der Waals surface area contributed by atoms with Crippen molar-refractivity contribution in [2.75, 3.05) is 20.1 Å². The van der Waals surface area contributed by atoms with Gasteiger partial charge in [-0.3, -0.25) is 0 Å². The molecule has 0 heterocycles. The molecule has 19 heavy (non-hydrogen) atoms. The number of rotatable bonds is 5. The second-order valence-corrected chi connectivity index (χ2v) is 8.51. The maximum absolute atomic E-state index is 12.4. The minimum atomic E-state index is -3.53. The normalized spacial score (nSPS) is 13.0. The predicted octanol–water partition coefficient (Wildman–Crippen LogP) is 2.71. The van der Waals surface area contributed by atoms with Crippen molar-refractivity contribution in [2.24, 2.45) is 11.1 Å². The predicted molar refractivity (Wildman–Crippen MR) is 81.8 cm³/mol. The van der Waals surface area contributed by atoms with Crippen LogP contribution in [0.4, 0.5) is 0 Å². The van der Waals surface area contributed by atoms with Gasteiger partial charge in [-0.05, 0) is 46.1 Å². The van der Waals surface area contributed by atoms with Gasteiger partial charge in [0, 0.05) is 18.1 Å². The number of nitrogens with zero attached hydrogens (tertiary/aromatic N) is 1. The molecular weight excluding hydrogens is 352 g/mol. The Morgan fingerprint density at radius 3 is 2.47 bits per heavy atom. The summed E-state index contributed by atoms with van der Waals surface area (Å²) in [6, 6.07) is 4.55. The third kappa shape index (κ3) is 4.16. The summed E-state index contributed by atoms with van der Waals surface area (Å²) in [5, 5.41) is 0.476. The molecule has 0 radical (unpaired) electrons. The van der Waals surface area contributed by atoms with Crippen molar-refractivity contribution in [3.63, 3.8) is 0 Å². The van der Waals surface area contributed by atoms with Crippen molar-refractivity contribution in [1.29, 1.82) is 0 Å². The smallest absolute Gasteiger partial charge is 0.242 e. The van der Waals surface area contributed by atoms with Gasteiger partial charge in [0.15, 0.2) is 0 Å². The van der Waals surface area contributed by atoms with Crippen molar-refractivity contribution in [3.05, 3.63) is 27.7 Å².